The molecule has 17 heavy (non-hydrogen) atoms. The number of ketones is 1. The quantitative estimate of drug-likeness (QED) is 0.536. The maximum absolute atomic E-state index is 11.8. The number of Topliss-reactive ketones (excluding diaryl/α,β-unsaturated/α-hetero) is 1. The SMILES string of the molecule is CCOCC(=O)C1=C[C]([Na])(C(=O)OC)C(C)=C1. The summed E-state index contributed by atoms with van der Waals surface area (Å²) in [6, 6.07) is 0. The van der Waals surface area contributed by atoms with E-state index < -0.39 is 2.66 Å². The van der Waals surface area contributed by atoms with Crippen LogP contribution < -0.4 is 0 Å². The zero-order chi connectivity index (χ0) is 13.1. The number of carbonyl (C=O) groups is 2. The summed E-state index contributed by atoms with van der Waals surface area (Å²) in [6.07, 6.45) is 3.47. The van der Waals surface area contributed by atoms with Gasteiger partial charge in [-0.15, -0.1) is 0 Å². The molecule has 0 saturated carbocycles. The summed E-state index contributed by atoms with van der Waals surface area (Å²) in [6.45, 7) is 4.25. The van der Waals surface area contributed by atoms with E-state index in [9.17, 15) is 9.59 Å². The molecule has 0 bridgehead atoms. The van der Waals surface area contributed by atoms with Gasteiger partial charge in [-0.3, -0.25) is 0 Å². The van der Waals surface area contributed by atoms with Crippen LogP contribution in [0.4, 0.5) is 0 Å². The molecular formula is C12H15NaO4. The van der Waals surface area contributed by atoms with Gasteiger partial charge in [0.2, 0.25) is 0 Å². The molecule has 1 unspecified atom stereocenters. The third kappa shape index (κ3) is 3.07. The number of hydrogen-bond donors (Lipinski definition) is 0. The van der Waals surface area contributed by atoms with Crippen LogP contribution in [0.1, 0.15) is 13.8 Å². The minimum absolute atomic E-state index is 0.0604. The molecule has 0 aromatic rings. The van der Waals surface area contributed by atoms with Gasteiger partial charge in [-0.05, 0) is 0 Å². The van der Waals surface area contributed by atoms with Gasteiger partial charge < -0.3 is 0 Å². The summed E-state index contributed by atoms with van der Waals surface area (Å²) in [4.78, 5) is 23.5. The Bertz CT molecular complexity index is 397. The average molecular weight is 246 g/mol. The van der Waals surface area contributed by atoms with Crippen molar-refractivity contribution in [2.45, 2.75) is 16.5 Å². The molecule has 1 atom stereocenters. The maximum atomic E-state index is 11.8. The molecule has 4 nitrogen and oxygen atoms in total. The summed E-state index contributed by atoms with van der Waals surface area (Å²) in [5.41, 5.74) is 1.42. The molecule has 5 heteroatoms. The molecule has 0 heterocycles. The van der Waals surface area contributed by atoms with E-state index in [1.54, 1.807) is 12.2 Å². The first-order valence-electron chi connectivity index (χ1n) is 5.56. The molecule has 0 saturated heterocycles. The fourth-order valence-electron chi connectivity index (χ4n) is 1.72. The van der Waals surface area contributed by atoms with Crippen molar-refractivity contribution in [1.82, 2.24) is 0 Å². The summed E-state index contributed by atoms with van der Waals surface area (Å²) in [5, 5.41) is 0. The minimum atomic E-state index is -0.689. The van der Waals surface area contributed by atoms with E-state index >= 15 is 0 Å². The van der Waals surface area contributed by atoms with E-state index in [1.807, 2.05) is 13.8 Å². The Morgan fingerprint density at radius 2 is 2.12 bits per heavy atom. The Morgan fingerprint density at radius 3 is 2.65 bits per heavy atom. The van der Waals surface area contributed by atoms with Crippen LogP contribution in [-0.2, 0) is 19.1 Å². The first kappa shape index (κ1) is 14.6. The van der Waals surface area contributed by atoms with Gasteiger partial charge >= 0.3 is 119 Å². The molecule has 0 aliphatic heterocycles. The predicted octanol–water partition coefficient (Wildman–Crippen LogP) is 0.979. The third-order valence-electron chi connectivity index (χ3n) is 3.00. The first-order chi connectivity index (χ1) is 7.95. The molecule has 1 rings (SSSR count). The summed E-state index contributed by atoms with van der Waals surface area (Å²) >= 11 is 0.586. The molecule has 0 fully saturated rings. The van der Waals surface area contributed by atoms with Crippen molar-refractivity contribution < 1.29 is 19.1 Å². The van der Waals surface area contributed by atoms with Crippen LogP contribution in [0.2, 0.25) is 2.66 Å². The standard InChI is InChI=1S/C12H15O4.Na/c1-4-16-7-11(13)9-5-8(2)10(6-9)12(14)15-3;/h5-6H,4,7H2,1-3H3;. The van der Waals surface area contributed by atoms with E-state index in [2.05, 4.69) is 0 Å². The predicted molar refractivity (Wildman–Crippen MR) is 63.8 cm³/mol. The van der Waals surface area contributed by atoms with Crippen molar-refractivity contribution in [3.63, 3.8) is 0 Å². The van der Waals surface area contributed by atoms with Gasteiger partial charge in [-0.25, -0.2) is 0 Å². The van der Waals surface area contributed by atoms with E-state index in [0.29, 0.717) is 40.1 Å². The fourth-order valence-corrected chi connectivity index (χ4v) is 2.38. The summed E-state index contributed by atoms with van der Waals surface area (Å²) in [7, 11) is 1.36. The van der Waals surface area contributed by atoms with Crippen LogP contribution >= 0.6 is 0 Å². The number of rotatable bonds is 5. The molecule has 0 spiro atoms. The molecule has 1 aliphatic rings. The van der Waals surface area contributed by atoms with Crippen LogP contribution in [0.15, 0.2) is 23.3 Å². The normalized spacial score (nSPS) is 23.1. The average Bonchev–Trinajstić information content (AvgIpc) is 2.63. The van der Waals surface area contributed by atoms with Gasteiger partial charge in [0.1, 0.15) is 0 Å². The molecular weight excluding hydrogens is 231 g/mol. The van der Waals surface area contributed by atoms with Gasteiger partial charge in [-0.1, -0.05) is 0 Å². The topological polar surface area (TPSA) is 52.6 Å². The monoisotopic (exact) mass is 246 g/mol. The Balaban J connectivity index is 2.89. The second-order valence-corrected chi connectivity index (χ2v) is 5.76. The number of esters is 1. The molecule has 0 radical (unpaired) electrons. The van der Waals surface area contributed by atoms with E-state index in [0.717, 1.165) is 5.57 Å². The molecule has 1 aliphatic carbocycles. The van der Waals surface area contributed by atoms with Crippen LogP contribution in [0.25, 0.3) is 0 Å². The van der Waals surface area contributed by atoms with Gasteiger partial charge in [0, 0.05) is 0 Å². The van der Waals surface area contributed by atoms with Crippen molar-refractivity contribution in [2.75, 3.05) is 20.3 Å². The molecule has 88 valence electrons. The van der Waals surface area contributed by atoms with Gasteiger partial charge in [0.15, 0.2) is 0 Å². The Labute approximate surface area is 118 Å². The first-order valence-corrected chi connectivity index (χ1v) is 6.56. The molecule has 0 amide bonds. The van der Waals surface area contributed by atoms with Crippen LogP contribution in [0, 0.1) is 0 Å². The van der Waals surface area contributed by atoms with Crippen molar-refractivity contribution in [1.29, 1.82) is 0 Å². The summed E-state index contributed by atoms with van der Waals surface area (Å²) in [5.74, 6) is -0.384. The third-order valence-corrected chi connectivity index (χ3v) is 4.49. The van der Waals surface area contributed by atoms with E-state index in [4.69, 9.17) is 9.47 Å². The van der Waals surface area contributed by atoms with Crippen molar-refractivity contribution in [2.24, 2.45) is 0 Å². The number of ether oxygens (including phenoxy) is 2. The molecule has 0 N–H and O–H groups in total. The number of carbonyl (C=O) groups excluding carboxylic acids is 2. The van der Waals surface area contributed by atoms with Crippen LogP contribution in [0.3, 0.4) is 0 Å². The van der Waals surface area contributed by atoms with E-state index in [1.165, 1.54) is 7.11 Å². The van der Waals surface area contributed by atoms with Gasteiger partial charge in [-0.2, -0.15) is 0 Å². The van der Waals surface area contributed by atoms with Crippen molar-refractivity contribution >= 4 is 39.7 Å². The Kier molecular flexibility index (Phi) is 5.13. The van der Waals surface area contributed by atoms with Crippen LogP contribution in [-0.4, -0.2) is 60.0 Å². The second-order valence-electron chi connectivity index (χ2n) is 4.18. The second kappa shape index (κ2) is 5.96. The van der Waals surface area contributed by atoms with Gasteiger partial charge in [0.25, 0.3) is 0 Å². The zero-order valence-electron chi connectivity index (χ0n) is 10.7. The Morgan fingerprint density at radius 1 is 1.47 bits per heavy atom. The summed E-state index contributed by atoms with van der Waals surface area (Å²) < 4.78 is 9.17. The number of allylic oxidation sites excluding steroid dienone is 1. The van der Waals surface area contributed by atoms with E-state index in [-0.39, 0.29) is 18.4 Å². The zero-order valence-corrected chi connectivity index (χ0v) is 12.7. The fraction of sp³-hybridized carbons (Fsp3) is 0.500. The van der Waals surface area contributed by atoms with Crippen LogP contribution in [0.5, 0.6) is 0 Å². The molecule has 0 aromatic carbocycles. The molecule has 0 aromatic heterocycles. The number of methoxy groups -OCH3 is 1. The van der Waals surface area contributed by atoms with Crippen molar-refractivity contribution in [3.05, 3.63) is 23.3 Å². The number of hydrogen-bond acceptors (Lipinski definition) is 4. The van der Waals surface area contributed by atoms with Gasteiger partial charge in [0.05, 0.1) is 0 Å². The van der Waals surface area contributed by atoms with Crippen molar-refractivity contribution in [3.8, 4) is 0 Å². The Hall–Kier alpha value is -0.420.